The number of carbonyl (C=O) groups is 1. The summed E-state index contributed by atoms with van der Waals surface area (Å²) in [5.41, 5.74) is 1.04. The molecule has 0 aliphatic carbocycles. The molecule has 0 fully saturated rings. The van der Waals surface area contributed by atoms with Crippen molar-refractivity contribution >= 4 is 21.9 Å². The van der Waals surface area contributed by atoms with Gasteiger partial charge in [0.15, 0.2) is 0 Å². The van der Waals surface area contributed by atoms with Crippen molar-refractivity contribution in [3.8, 4) is 5.75 Å². The topological polar surface area (TPSA) is 49.8 Å². The third kappa shape index (κ3) is 3.83. The Balaban J connectivity index is 2.67. The molecule has 0 aliphatic rings. The van der Waals surface area contributed by atoms with Crippen LogP contribution in [-0.2, 0) is 11.3 Å². The molecule has 16 heavy (non-hydrogen) atoms. The van der Waals surface area contributed by atoms with Crippen molar-refractivity contribution in [2.75, 3.05) is 20.7 Å². The van der Waals surface area contributed by atoms with E-state index in [2.05, 4.69) is 15.9 Å². The van der Waals surface area contributed by atoms with Crippen LogP contribution in [0.3, 0.4) is 0 Å². The molecule has 5 heteroatoms. The SMILES string of the molecule is COc1ccc(CN(C)CC(=O)O)cc1Br. The molecule has 88 valence electrons. The zero-order valence-electron chi connectivity index (χ0n) is 9.24. The number of aliphatic carboxylic acids is 1. The molecular formula is C11H14BrNO3. The van der Waals surface area contributed by atoms with E-state index in [1.54, 1.807) is 19.1 Å². The van der Waals surface area contributed by atoms with Crippen LogP contribution in [0.15, 0.2) is 22.7 Å². The van der Waals surface area contributed by atoms with Gasteiger partial charge in [-0.15, -0.1) is 0 Å². The summed E-state index contributed by atoms with van der Waals surface area (Å²) in [7, 11) is 3.38. The number of carboxylic acid groups (broad SMARTS) is 1. The van der Waals surface area contributed by atoms with E-state index >= 15 is 0 Å². The Morgan fingerprint density at radius 2 is 2.25 bits per heavy atom. The van der Waals surface area contributed by atoms with E-state index in [0.717, 1.165) is 15.8 Å². The first kappa shape index (κ1) is 13.0. The standard InChI is InChI=1S/C11H14BrNO3/c1-13(7-11(14)15)6-8-3-4-10(16-2)9(12)5-8/h3-5H,6-7H2,1-2H3,(H,14,15). The molecule has 0 bridgehead atoms. The van der Waals surface area contributed by atoms with Gasteiger partial charge >= 0.3 is 5.97 Å². The smallest absolute Gasteiger partial charge is 0.317 e. The first-order valence-corrected chi connectivity index (χ1v) is 5.55. The Kier molecular flexibility index (Phi) is 4.76. The minimum Gasteiger partial charge on any atom is -0.496 e. The van der Waals surface area contributed by atoms with Crippen LogP contribution in [0.1, 0.15) is 5.56 Å². The second-order valence-corrected chi connectivity index (χ2v) is 4.39. The average Bonchev–Trinajstić information content (AvgIpc) is 2.16. The summed E-state index contributed by atoms with van der Waals surface area (Å²) in [6, 6.07) is 5.70. The van der Waals surface area contributed by atoms with Crippen LogP contribution in [0.5, 0.6) is 5.75 Å². The Morgan fingerprint density at radius 1 is 1.56 bits per heavy atom. The van der Waals surface area contributed by atoms with Crippen LogP contribution in [0, 0.1) is 0 Å². The quantitative estimate of drug-likeness (QED) is 0.900. The normalized spacial score (nSPS) is 10.5. The van der Waals surface area contributed by atoms with Crippen molar-refractivity contribution in [1.29, 1.82) is 0 Å². The Bertz CT molecular complexity index is 381. The largest absolute Gasteiger partial charge is 0.496 e. The molecule has 0 aliphatic heterocycles. The Hall–Kier alpha value is -1.07. The van der Waals surface area contributed by atoms with Gasteiger partial charge in [0.25, 0.3) is 0 Å². The molecule has 0 saturated carbocycles. The molecule has 0 amide bonds. The summed E-state index contributed by atoms with van der Waals surface area (Å²) in [5, 5.41) is 8.63. The van der Waals surface area contributed by atoms with E-state index in [4.69, 9.17) is 9.84 Å². The van der Waals surface area contributed by atoms with E-state index in [9.17, 15) is 4.79 Å². The number of ether oxygens (including phenoxy) is 1. The number of halogens is 1. The molecule has 1 N–H and O–H groups in total. The summed E-state index contributed by atoms with van der Waals surface area (Å²) in [4.78, 5) is 12.2. The first-order chi connectivity index (χ1) is 7.52. The lowest BCUT2D eigenvalue weighted by atomic mass is 10.2. The predicted octanol–water partition coefficient (Wildman–Crippen LogP) is 1.97. The number of rotatable bonds is 5. The van der Waals surface area contributed by atoms with Gasteiger partial charge in [0.1, 0.15) is 5.75 Å². The minimum absolute atomic E-state index is 0.0314. The molecule has 0 saturated heterocycles. The molecule has 0 spiro atoms. The second-order valence-electron chi connectivity index (χ2n) is 3.53. The van der Waals surface area contributed by atoms with Gasteiger partial charge < -0.3 is 9.84 Å². The maximum atomic E-state index is 10.5. The first-order valence-electron chi connectivity index (χ1n) is 4.75. The maximum Gasteiger partial charge on any atom is 0.317 e. The zero-order valence-corrected chi connectivity index (χ0v) is 10.8. The average molecular weight is 288 g/mol. The highest BCUT2D eigenvalue weighted by atomic mass is 79.9. The van der Waals surface area contributed by atoms with Crippen molar-refractivity contribution in [2.24, 2.45) is 0 Å². The number of likely N-dealkylation sites (N-methyl/N-ethyl adjacent to an activating group) is 1. The summed E-state index contributed by atoms with van der Waals surface area (Å²) in [6.45, 7) is 0.624. The van der Waals surface area contributed by atoms with Crippen LogP contribution in [-0.4, -0.2) is 36.7 Å². The van der Waals surface area contributed by atoms with Crippen molar-refractivity contribution < 1.29 is 14.6 Å². The predicted molar refractivity (Wildman–Crippen MR) is 64.7 cm³/mol. The van der Waals surface area contributed by atoms with Gasteiger partial charge in [-0.25, -0.2) is 0 Å². The lowest BCUT2D eigenvalue weighted by molar-refractivity contribution is -0.138. The highest BCUT2D eigenvalue weighted by molar-refractivity contribution is 9.10. The molecule has 0 heterocycles. The van der Waals surface area contributed by atoms with E-state index in [-0.39, 0.29) is 6.54 Å². The summed E-state index contributed by atoms with van der Waals surface area (Å²) < 4.78 is 5.99. The van der Waals surface area contributed by atoms with Crippen molar-refractivity contribution in [1.82, 2.24) is 4.90 Å². The van der Waals surface area contributed by atoms with Gasteiger partial charge in [-0.2, -0.15) is 0 Å². The Morgan fingerprint density at radius 3 is 2.75 bits per heavy atom. The number of nitrogens with zero attached hydrogens (tertiary/aromatic N) is 1. The van der Waals surface area contributed by atoms with Gasteiger partial charge in [0, 0.05) is 6.54 Å². The fourth-order valence-corrected chi connectivity index (χ4v) is 1.99. The van der Waals surface area contributed by atoms with E-state index < -0.39 is 5.97 Å². The summed E-state index contributed by atoms with van der Waals surface area (Å²) in [6.07, 6.45) is 0. The van der Waals surface area contributed by atoms with E-state index in [1.165, 1.54) is 0 Å². The van der Waals surface area contributed by atoms with Crippen molar-refractivity contribution in [3.63, 3.8) is 0 Å². The Labute approximate surface area is 103 Å². The van der Waals surface area contributed by atoms with Crippen LogP contribution in [0.4, 0.5) is 0 Å². The molecule has 0 radical (unpaired) electrons. The summed E-state index contributed by atoms with van der Waals surface area (Å²) in [5.74, 6) is -0.0558. The third-order valence-corrected chi connectivity index (χ3v) is 2.69. The molecule has 0 unspecified atom stereocenters. The number of hydrogen-bond donors (Lipinski definition) is 1. The lowest BCUT2D eigenvalue weighted by Crippen LogP contribution is -2.25. The number of methoxy groups -OCH3 is 1. The van der Waals surface area contributed by atoms with Crippen LogP contribution in [0.25, 0.3) is 0 Å². The fourth-order valence-electron chi connectivity index (χ4n) is 1.41. The molecule has 0 aromatic heterocycles. The van der Waals surface area contributed by atoms with Crippen LogP contribution < -0.4 is 4.74 Å². The molecule has 1 rings (SSSR count). The lowest BCUT2D eigenvalue weighted by Gasteiger charge is -2.14. The van der Waals surface area contributed by atoms with Crippen molar-refractivity contribution in [3.05, 3.63) is 28.2 Å². The van der Waals surface area contributed by atoms with Gasteiger partial charge in [-0.3, -0.25) is 9.69 Å². The zero-order chi connectivity index (χ0) is 12.1. The van der Waals surface area contributed by atoms with Gasteiger partial charge in [-0.1, -0.05) is 6.07 Å². The molecule has 1 aromatic carbocycles. The summed E-state index contributed by atoms with van der Waals surface area (Å²) >= 11 is 3.39. The monoisotopic (exact) mass is 287 g/mol. The molecule has 0 atom stereocenters. The second kappa shape index (κ2) is 5.86. The highest BCUT2D eigenvalue weighted by Crippen LogP contribution is 2.25. The highest BCUT2D eigenvalue weighted by Gasteiger charge is 2.07. The fraction of sp³-hybridized carbons (Fsp3) is 0.364. The minimum atomic E-state index is -0.824. The molecular weight excluding hydrogens is 274 g/mol. The van der Waals surface area contributed by atoms with Gasteiger partial charge in [-0.05, 0) is 40.7 Å². The van der Waals surface area contributed by atoms with E-state index in [0.29, 0.717) is 6.54 Å². The van der Waals surface area contributed by atoms with Crippen LogP contribution >= 0.6 is 15.9 Å². The maximum absolute atomic E-state index is 10.5. The van der Waals surface area contributed by atoms with E-state index in [1.807, 2.05) is 18.2 Å². The number of benzene rings is 1. The van der Waals surface area contributed by atoms with Crippen LogP contribution in [0.2, 0.25) is 0 Å². The number of hydrogen-bond acceptors (Lipinski definition) is 3. The van der Waals surface area contributed by atoms with Gasteiger partial charge in [0.2, 0.25) is 0 Å². The van der Waals surface area contributed by atoms with Gasteiger partial charge in [0.05, 0.1) is 18.1 Å². The number of carboxylic acids is 1. The van der Waals surface area contributed by atoms with Crippen molar-refractivity contribution in [2.45, 2.75) is 6.54 Å². The molecule has 1 aromatic rings. The third-order valence-electron chi connectivity index (χ3n) is 2.07. The molecule has 4 nitrogen and oxygen atoms in total.